The minimum Gasteiger partial charge on any atom is -0.463 e. The van der Waals surface area contributed by atoms with Gasteiger partial charge in [-0.2, -0.15) is 0 Å². The van der Waals surface area contributed by atoms with Crippen LogP contribution in [0.15, 0.2) is 11.6 Å². The minimum atomic E-state index is -2.03. The third kappa shape index (κ3) is 10.7. The molecule has 0 aromatic rings. The Morgan fingerprint density at radius 2 is 1.25 bits per heavy atom. The maximum Gasteiger partial charge on any atom is 0.302 e. The van der Waals surface area contributed by atoms with Gasteiger partial charge in [0.2, 0.25) is 0 Å². The second-order valence-corrected chi connectivity index (χ2v) is 23.5. The molecular weight excluding hydrogens is 953 g/mol. The normalized spacial score (nSPS) is 50.9. The van der Waals surface area contributed by atoms with Gasteiger partial charge in [0.05, 0.1) is 55.4 Å². The highest BCUT2D eigenvalue weighted by molar-refractivity contribution is 5.65. The van der Waals surface area contributed by atoms with Crippen LogP contribution >= 0.6 is 0 Å². The van der Waals surface area contributed by atoms with Crippen molar-refractivity contribution in [2.75, 3.05) is 26.4 Å². The Labute approximate surface area is 420 Å². The molecule has 4 heterocycles. The molecule has 7 fully saturated rings. The standard InChI is InChI=1S/C50H84O22/c1-22(2)15-24(55)17-49(7,64)32-11-14-50(8,72-32)42-25(56)16-30-46(4)13-10-31(48(6,21-53)29(46)9-12-47(30,42)5)69-45-39(63)41(34(58)27(19-52)67-45)71-44-38(62)36(60)40(28(68-44)20-65-23(3)54)70-43-37(61)35(59)33(57)26(18-51)66-43/h15,24-45,51-53,55-64H,9-14,16-21H2,1-8H3. The average Bonchev–Trinajstić information content (AvgIpc) is 3.85. The van der Waals surface area contributed by atoms with Crippen LogP contribution in [0.3, 0.4) is 0 Å². The molecule has 72 heavy (non-hydrogen) atoms. The fourth-order valence-electron chi connectivity index (χ4n) is 14.7. The number of allylic oxidation sites excluding steroid dienone is 1. The van der Waals surface area contributed by atoms with Gasteiger partial charge in [0.25, 0.3) is 0 Å². The predicted molar refractivity (Wildman–Crippen MR) is 248 cm³/mol. The van der Waals surface area contributed by atoms with Crippen LogP contribution in [0.5, 0.6) is 0 Å². The van der Waals surface area contributed by atoms with E-state index >= 15 is 0 Å². The van der Waals surface area contributed by atoms with Crippen LogP contribution in [0.25, 0.3) is 0 Å². The molecule has 27 unspecified atom stereocenters. The van der Waals surface area contributed by atoms with Gasteiger partial charge >= 0.3 is 5.97 Å². The molecule has 0 amide bonds. The fraction of sp³-hybridized carbons (Fsp3) is 0.940. The van der Waals surface area contributed by atoms with E-state index in [-0.39, 0.29) is 30.8 Å². The molecule has 7 rings (SSSR count). The second kappa shape index (κ2) is 22.0. The molecule has 0 bridgehead atoms. The van der Waals surface area contributed by atoms with E-state index in [9.17, 15) is 71.2 Å². The maximum absolute atomic E-state index is 12.1. The van der Waals surface area contributed by atoms with Gasteiger partial charge in [-0.05, 0) is 95.3 Å². The monoisotopic (exact) mass is 1040 g/mol. The van der Waals surface area contributed by atoms with E-state index in [0.717, 1.165) is 12.5 Å². The molecule has 7 aliphatic rings. The highest BCUT2D eigenvalue weighted by atomic mass is 16.8. The van der Waals surface area contributed by atoms with Gasteiger partial charge in [0.15, 0.2) is 18.9 Å². The van der Waals surface area contributed by atoms with Crippen molar-refractivity contribution < 1.29 is 109 Å². The summed E-state index contributed by atoms with van der Waals surface area (Å²) in [6.07, 6.45) is -23.2. The lowest BCUT2D eigenvalue weighted by Gasteiger charge is -2.64. The van der Waals surface area contributed by atoms with Gasteiger partial charge < -0.3 is 104 Å². The molecule has 0 radical (unpaired) electrons. The average molecular weight is 1040 g/mol. The summed E-state index contributed by atoms with van der Waals surface area (Å²) >= 11 is 0. The van der Waals surface area contributed by atoms with Crippen molar-refractivity contribution in [2.45, 2.75) is 234 Å². The van der Waals surface area contributed by atoms with E-state index < -0.39 is 170 Å². The Kier molecular flexibility index (Phi) is 17.8. The summed E-state index contributed by atoms with van der Waals surface area (Å²) in [5.74, 6) is -1.23. The number of carbonyl (C=O) groups excluding carboxylic acids is 1. The summed E-state index contributed by atoms with van der Waals surface area (Å²) in [5, 5.41) is 143. The highest BCUT2D eigenvalue weighted by Gasteiger charge is 2.70. The van der Waals surface area contributed by atoms with Crippen molar-refractivity contribution in [1.82, 2.24) is 0 Å². The third-order valence-corrected chi connectivity index (χ3v) is 18.2. The molecule has 416 valence electrons. The summed E-state index contributed by atoms with van der Waals surface area (Å²) < 4.78 is 47.7. The topological polar surface area (TPSA) is 354 Å². The Morgan fingerprint density at radius 1 is 0.681 bits per heavy atom. The molecule has 3 aliphatic carbocycles. The number of ether oxygens (including phenoxy) is 8. The molecule has 27 atom stereocenters. The number of fused-ring (bicyclic) bond motifs is 3. The smallest absolute Gasteiger partial charge is 0.302 e. The molecule has 13 N–H and O–H groups in total. The van der Waals surface area contributed by atoms with Gasteiger partial charge in [-0.3, -0.25) is 4.79 Å². The lowest BCUT2D eigenvalue weighted by Crippen LogP contribution is -2.67. The maximum atomic E-state index is 12.1. The predicted octanol–water partition coefficient (Wildman–Crippen LogP) is -1.99. The number of aliphatic hydroxyl groups excluding tert-OH is 12. The summed E-state index contributed by atoms with van der Waals surface area (Å²) in [5.41, 5.74) is -2.91. The Balaban J connectivity index is 1.06. The molecule has 22 nitrogen and oxygen atoms in total. The first-order chi connectivity index (χ1) is 33.6. The molecular formula is C50H84O22. The van der Waals surface area contributed by atoms with Crippen molar-refractivity contribution in [3.8, 4) is 0 Å². The van der Waals surface area contributed by atoms with E-state index in [1.807, 2.05) is 27.7 Å². The first-order valence-corrected chi connectivity index (χ1v) is 25.7. The van der Waals surface area contributed by atoms with Gasteiger partial charge in [-0.15, -0.1) is 0 Å². The molecule has 0 aromatic carbocycles. The lowest BCUT2D eigenvalue weighted by molar-refractivity contribution is -0.384. The lowest BCUT2D eigenvalue weighted by atomic mass is 9.42. The molecule has 4 aliphatic heterocycles. The zero-order valence-electron chi connectivity index (χ0n) is 42.8. The number of esters is 1. The van der Waals surface area contributed by atoms with E-state index in [2.05, 4.69) is 13.8 Å². The number of aliphatic hydroxyl groups is 13. The van der Waals surface area contributed by atoms with Crippen LogP contribution in [0.2, 0.25) is 0 Å². The third-order valence-electron chi connectivity index (χ3n) is 18.2. The van der Waals surface area contributed by atoms with Gasteiger partial charge in [0, 0.05) is 24.7 Å². The van der Waals surface area contributed by atoms with Crippen molar-refractivity contribution >= 4 is 5.97 Å². The van der Waals surface area contributed by atoms with E-state index in [0.29, 0.717) is 44.9 Å². The Bertz CT molecular complexity index is 1870. The van der Waals surface area contributed by atoms with Crippen molar-refractivity contribution in [3.05, 3.63) is 11.6 Å². The van der Waals surface area contributed by atoms with Crippen LogP contribution in [0.1, 0.15) is 107 Å². The summed E-state index contributed by atoms with van der Waals surface area (Å²) in [6.45, 7) is 12.4. The first kappa shape index (κ1) is 58.1. The van der Waals surface area contributed by atoms with E-state index in [1.165, 1.54) is 0 Å². The molecule has 0 aromatic heterocycles. The summed E-state index contributed by atoms with van der Waals surface area (Å²) in [6, 6.07) is 0. The number of hydrogen-bond acceptors (Lipinski definition) is 22. The summed E-state index contributed by atoms with van der Waals surface area (Å²) in [7, 11) is 0. The second-order valence-electron chi connectivity index (χ2n) is 23.5. The van der Waals surface area contributed by atoms with Crippen molar-refractivity contribution in [3.63, 3.8) is 0 Å². The van der Waals surface area contributed by atoms with Crippen LogP contribution in [-0.2, 0) is 42.7 Å². The zero-order valence-corrected chi connectivity index (χ0v) is 42.8. The fourth-order valence-corrected chi connectivity index (χ4v) is 14.7. The van der Waals surface area contributed by atoms with E-state index in [4.69, 9.17) is 37.9 Å². The molecule has 22 heteroatoms. The molecule has 3 saturated carbocycles. The number of hydrogen-bond donors (Lipinski definition) is 13. The van der Waals surface area contributed by atoms with Crippen molar-refractivity contribution in [1.29, 1.82) is 0 Å². The molecule has 0 spiro atoms. The van der Waals surface area contributed by atoms with Crippen LogP contribution in [-0.4, -0.2) is 227 Å². The van der Waals surface area contributed by atoms with Gasteiger partial charge in [-0.25, -0.2) is 0 Å². The molecule has 4 saturated heterocycles. The Hall–Kier alpha value is -1.59. The highest BCUT2D eigenvalue weighted by Crippen LogP contribution is 2.72. The van der Waals surface area contributed by atoms with E-state index in [1.54, 1.807) is 13.0 Å². The quantitative estimate of drug-likeness (QED) is 0.0452. The van der Waals surface area contributed by atoms with Crippen molar-refractivity contribution in [2.24, 2.45) is 34.0 Å². The first-order valence-electron chi connectivity index (χ1n) is 25.7. The van der Waals surface area contributed by atoms with Gasteiger partial charge in [0.1, 0.15) is 79.9 Å². The SMILES string of the molecule is CC(=O)OCC1OC(OC2C(O)C(CO)OC(OC3CCC4(C)C(CCC5(C)C(C6(C)CCC(C(C)(O)CC(O)C=C(C)C)O6)C(O)CC54)C3(C)CO)C2O)C(O)C(O)C1OC1OC(CO)C(O)C(O)C1O. The number of rotatable bonds is 16. The Morgan fingerprint density at radius 3 is 1.85 bits per heavy atom. The van der Waals surface area contributed by atoms with Crippen LogP contribution < -0.4 is 0 Å². The minimum absolute atomic E-state index is 0.0117. The van der Waals surface area contributed by atoms with Gasteiger partial charge in [-0.1, -0.05) is 32.4 Å². The largest absolute Gasteiger partial charge is 0.463 e. The zero-order chi connectivity index (χ0) is 53.2. The summed E-state index contributed by atoms with van der Waals surface area (Å²) in [4.78, 5) is 11.9. The van der Waals surface area contributed by atoms with Crippen LogP contribution in [0.4, 0.5) is 0 Å². The number of carbonyl (C=O) groups is 1. The van der Waals surface area contributed by atoms with Crippen LogP contribution in [0, 0.1) is 34.0 Å².